The highest BCUT2D eigenvalue weighted by molar-refractivity contribution is 7.99. The van der Waals surface area contributed by atoms with Crippen LogP contribution in [0.5, 0.6) is 0 Å². The molecule has 1 N–H and O–H groups in total. The number of carbonyl (C=O) groups excluding carboxylic acids is 2. The number of amides is 2. The van der Waals surface area contributed by atoms with Gasteiger partial charge in [-0.1, -0.05) is 43.3 Å². The molecule has 0 radical (unpaired) electrons. The molecule has 0 aliphatic carbocycles. The van der Waals surface area contributed by atoms with Crippen LogP contribution in [0, 0.1) is 12.7 Å². The Morgan fingerprint density at radius 2 is 1.83 bits per heavy atom. The molecule has 0 aliphatic heterocycles. The van der Waals surface area contributed by atoms with E-state index in [4.69, 9.17) is 0 Å². The van der Waals surface area contributed by atoms with E-state index in [0.717, 1.165) is 17.7 Å². The molecule has 2 aromatic carbocycles. The number of hydrogen-bond donors (Lipinski definition) is 1. The van der Waals surface area contributed by atoms with Gasteiger partial charge in [-0.2, -0.15) is 0 Å². The molecule has 0 saturated heterocycles. The van der Waals surface area contributed by atoms with Crippen LogP contribution in [0.2, 0.25) is 0 Å². The van der Waals surface area contributed by atoms with Gasteiger partial charge in [0, 0.05) is 18.8 Å². The second kappa shape index (κ2) is 11.6. The summed E-state index contributed by atoms with van der Waals surface area (Å²) in [6.07, 6.45) is 0.830. The number of rotatable bonds is 10. The van der Waals surface area contributed by atoms with E-state index in [1.807, 2.05) is 19.1 Å². The van der Waals surface area contributed by atoms with Crippen LogP contribution in [0.1, 0.15) is 37.0 Å². The number of carbonyl (C=O) groups is 2. The van der Waals surface area contributed by atoms with Crippen LogP contribution in [0.3, 0.4) is 0 Å². The highest BCUT2D eigenvalue weighted by Crippen LogP contribution is 2.18. The first kappa shape index (κ1) is 22.9. The monoisotopic (exact) mass is 416 g/mol. The Balaban J connectivity index is 2.05. The van der Waals surface area contributed by atoms with Crippen molar-refractivity contribution in [2.75, 3.05) is 12.3 Å². The molecule has 0 fully saturated rings. The number of halogens is 1. The summed E-state index contributed by atoms with van der Waals surface area (Å²) in [7, 11) is 0. The average Bonchev–Trinajstić information content (AvgIpc) is 2.72. The highest BCUT2D eigenvalue weighted by atomic mass is 32.2. The van der Waals surface area contributed by atoms with Crippen molar-refractivity contribution in [2.45, 2.75) is 45.5 Å². The molecule has 0 spiro atoms. The van der Waals surface area contributed by atoms with Crippen LogP contribution in [0.25, 0.3) is 0 Å². The number of nitrogens with one attached hydrogen (secondary N) is 1. The molecule has 0 bridgehead atoms. The van der Waals surface area contributed by atoms with Gasteiger partial charge in [0.05, 0.1) is 5.75 Å². The molecular formula is C23H29FN2O2S. The molecule has 2 rings (SSSR count). The van der Waals surface area contributed by atoms with E-state index in [0.29, 0.717) is 6.54 Å². The molecule has 0 unspecified atom stereocenters. The van der Waals surface area contributed by atoms with E-state index in [1.165, 1.54) is 35.0 Å². The second-order valence-corrected chi connectivity index (χ2v) is 8.02. The fourth-order valence-electron chi connectivity index (χ4n) is 2.87. The first-order chi connectivity index (χ1) is 13.9. The van der Waals surface area contributed by atoms with Crippen molar-refractivity contribution < 1.29 is 14.0 Å². The third kappa shape index (κ3) is 7.20. The molecule has 1 atom stereocenters. The van der Waals surface area contributed by atoms with Crippen LogP contribution in [0.15, 0.2) is 48.5 Å². The highest BCUT2D eigenvalue weighted by Gasteiger charge is 2.25. The SMILES string of the molecule is CCCNC(=O)[C@@H](C)N(Cc1ccc(F)cc1)C(=O)CSCc1ccccc1C. The van der Waals surface area contributed by atoms with E-state index in [9.17, 15) is 14.0 Å². The van der Waals surface area contributed by atoms with Crippen molar-refractivity contribution in [1.29, 1.82) is 0 Å². The number of benzene rings is 2. The summed E-state index contributed by atoms with van der Waals surface area (Å²) in [4.78, 5) is 27.0. The predicted molar refractivity (Wildman–Crippen MR) is 117 cm³/mol. The zero-order valence-electron chi connectivity index (χ0n) is 17.3. The van der Waals surface area contributed by atoms with Gasteiger partial charge in [-0.3, -0.25) is 9.59 Å². The summed E-state index contributed by atoms with van der Waals surface area (Å²) in [6.45, 7) is 6.61. The zero-order chi connectivity index (χ0) is 21.2. The third-order valence-corrected chi connectivity index (χ3v) is 5.69. The molecule has 0 heterocycles. The maximum atomic E-state index is 13.2. The quantitative estimate of drug-likeness (QED) is 0.628. The molecule has 2 aromatic rings. The minimum Gasteiger partial charge on any atom is -0.354 e. The molecule has 0 saturated carbocycles. The largest absolute Gasteiger partial charge is 0.354 e. The van der Waals surface area contributed by atoms with Crippen LogP contribution in [0.4, 0.5) is 4.39 Å². The van der Waals surface area contributed by atoms with Crippen LogP contribution >= 0.6 is 11.8 Å². The van der Waals surface area contributed by atoms with Crippen LogP contribution in [-0.2, 0) is 21.9 Å². The lowest BCUT2D eigenvalue weighted by Crippen LogP contribution is -2.48. The minimum atomic E-state index is -0.599. The van der Waals surface area contributed by atoms with Gasteiger partial charge in [0.25, 0.3) is 0 Å². The normalized spacial score (nSPS) is 11.7. The first-order valence-corrected chi connectivity index (χ1v) is 11.0. The molecule has 156 valence electrons. The molecule has 2 amide bonds. The smallest absolute Gasteiger partial charge is 0.242 e. The van der Waals surface area contributed by atoms with E-state index < -0.39 is 6.04 Å². The number of aryl methyl sites for hydroxylation is 1. The molecule has 0 aliphatic rings. The van der Waals surface area contributed by atoms with Crippen molar-refractivity contribution in [3.05, 3.63) is 71.0 Å². The molecule has 4 nitrogen and oxygen atoms in total. The standard InChI is InChI=1S/C23H29FN2O2S/c1-4-13-25-23(28)18(3)26(14-19-9-11-21(24)12-10-19)22(27)16-29-15-20-8-6-5-7-17(20)2/h5-12,18H,4,13-16H2,1-3H3,(H,25,28)/t18-/m1/s1. The van der Waals surface area contributed by atoms with E-state index in [-0.39, 0.29) is 29.9 Å². The zero-order valence-corrected chi connectivity index (χ0v) is 18.1. The third-order valence-electron chi connectivity index (χ3n) is 4.73. The minimum absolute atomic E-state index is 0.105. The maximum absolute atomic E-state index is 13.2. The topological polar surface area (TPSA) is 49.4 Å². The molecule has 0 aromatic heterocycles. The lowest BCUT2D eigenvalue weighted by Gasteiger charge is -2.28. The summed E-state index contributed by atoms with van der Waals surface area (Å²) in [5.41, 5.74) is 3.19. The van der Waals surface area contributed by atoms with Crippen molar-refractivity contribution in [3.63, 3.8) is 0 Å². The fourth-order valence-corrected chi connectivity index (χ4v) is 3.85. The van der Waals surface area contributed by atoms with Gasteiger partial charge >= 0.3 is 0 Å². The van der Waals surface area contributed by atoms with Crippen LogP contribution < -0.4 is 5.32 Å². The Morgan fingerprint density at radius 1 is 1.14 bits per heavy atom. The summed E-state index contributed by atoms with van der Waals surface area (Å²) in [5.74, 6) is 0.410. The van der Waals surface area contributed by atoms with Crippen molar-refractivity contribution in [2.24, 2.45) is 0 Å². The van der Waals surface area contributed by atoms with Gasteiger partial charge in [0.15, 0.2) is 0 Å². The van der Waals surface area contributed by atoms with Gasteiger partial charge in [-0.05, 0) is 49.1 Å². The Morgan fingerprint density at radius 3 is 2.48 bits per heavy atom. The Kier molecular flexibility index (Phi) is 9.19. The average molecular weight is 417 g/mol. The van der Waals surface area contributed by atoms with Gasteiger partial charge in [0.1, 0.15) is 11.9 Å². The Hall–Kier alpha value is -2.34. The maximum Gasteiger partial charge on any atom is 0.242 e. The second-order valence-electron chi connectivity index (χ2n) is 7.03. The fraction of sp³-hybridized carbons (Fsp3) is 0.391. The lowest BCUT2D eigenvalue weighted by atomic mass is 10.1. The van der Waals surface area contributed by atoms with Crippen LogP contribution in [-0.4, -0.2) is 35.1 Å². The van der Waals surface area contributed by atoms with Crippen molar-refractivity contribution in [1.82, 2.24) is 10.2 Å². The Bertz CT molecular complexity index is 811. The Labute approximate surface area is 176 Å². The first-order valence-electron chi connectivity index (χ1n) is 9.86. The van der Waals surface area contributed by atoms with Gasteiger partial charge in [-0.25, -0.2) is 4.39 Å². The molecular weight excluding hydrogens is 387 g/mol. The van der Waals surface area contributed by atoms with E-state index >= 15 is 0 Å². The van der Waals surface area contributed by atoms with E-state index in [2.05, 4.69) is 24.4 Å². The summed E-state index contributed by atoms with van der Waals surface area (Å²) in [6, 6.07) is 13.5. The van der Waals surface area contributed by atoms with E-state index in [1.54, 1.807) is 24.0 Å². The predicted octanol–water partition coefficient (Wildman–Crippen LogP) is 4.31. The van der Waals surface area contributed by atoms with Gasteiger partial charge in [-0.15, -0.1) is 11.8 Å². The lowest BCUT2D eigenvalue weighted by molar-refractivity contribution is -0.138. The van der Waals surface area contributed by atoms with Crippen molar-refractivity contribution in [3.8, 4) is 0 Å². The summed E-state index contributed by atoms with van der Waals surface area (Å²) >= 11 is 1.53. The van der Waals surface area contributed by atoms with Gasteiger partial charge in [0.2, 0.25) is 11.8 Å². The number of thioether (sulfide) groups is 1. The molecule has 6 heteroatoms. The summed E-state index contributed by atoms with van der Waals surface area (Å²) < 4.78 is 13.2. The van der Waals surface area contributed by atoms with Crippen molar-refractivity contribution >= 4 is 23.6 Å². The summed E-state index contributed by atoms with van der Waals surface area (Å²) in [5, 5.41) is 2.85. The van der Waals surface area contributed by atoms with Gasteiger partial charge < -0.3 is 10.2 Å². The number of hydrogen-bond acceptors (Lipinski definition) is 3. The molecule has 29 heavy (non-hydrogen) atoms. The number of nitrogens with zero attached hydrogens (tertiary/aromatic N) is 1.